The molecule has 3 nitrogen and oxygen atoms in total. The van der Waals surface area contributed by atoms with Crippen molar-refractivity contribution in [3.8, 4) is 0 Å². The molecule has 0 aliphatic heterocycles. The van der Waals surface area contributed by atoms with Gasteiger partial charge in [-0.05, 0) is 37.6 Å². The number of benzene rings is 2. The number of nitrogen functional groups attached to an aromatic ring is 1. The highest BCUT2D eigenvalue weighted by molar-refractivity contribution is 5.95. The normalized spacial score (nSPS) is 12.0. The number of anilines is 1. The van der Waals surface area contributed by atoms with Crippen LogP contribution in [0.1, 0.15) is 34.5 Å². The van der Waals surface area contributed by atoms with Crippen molar-refractivity contribution in [2.45, 2.75) is 19.9 Å². The Kier molecular flexibility index (Phi) is 4.21. The predicted octanol–water partition coefficient (Wildman–Crippen LogP) is 3.35. The molecule has 2 aromatic carbocycles. The summed E-state index contributed by atoms with van der Waals surface area (Å²) in [4.78, 5) is 12.1. The third-order valence-electron chi connectivity index (χ3n) is 3.24. The minimum atomic E-state index is -0.626. The smallest absolute Gasteiger partial charge is 0.254 e. The van der Waals surface area contributed by atoms with E-state index in [0.29, 0.717) is 16.8 Å². The van der Waals surface area contributed by atoms with Crippen LogP contribution in [0, 0.1) is 18.6 Å². The number of carbonyl (C=O) groups excluding carboxylic acids is 1. The zero-order valence-corrected chi connectivity index (χ0v) is 11.8. The topological polar surface area (TPSA) is 55.1 Å². The number of hydrogen-bond acceptors (Lipinski definition) is 2. The van der Waals surface area contributed by atoms with Crippen LogP contribution in [0.4, 0.5) is 14.5 Å². The first-order valence-corrected chi connectivity index (χ1v) is 6.51. The summed E-state index contributed by atoms with van der Waals surface area (Å²) in [7, 11) is 0. The number of nitrogens with one attached hydrogen (secondary N) is 1. The molecule has 3 N–H and O–H groups in total. The Labute approximate surface area is 121 Å². The van der Waals surface area contributed by atoms with Crippen molar-refractivity contribution in [1.29, 1.82) is 0 Å². The molecular formula is C16H16F2N2O. The summed E-state index contributed by atoms with van der Waals surface area (Å²) in [5, 5.41) is 2.57. The first-order valence-electron chi connectivity index (χ1n) is 6.51. The van der Waals surface area contributed by atoms with Crippen LogP contribution in [0.5, 0.6) is 0 Å². The van der Waals surface area contributed by atoms with Crippen LogP contribution in [0.3, 0.4) is 0 Å². The highest BCUT2D eigenvalue weighted by Crippen LogP contribution is 2.20. The number of hydrogen-bond donors (Lipinski definition) is 2. The minimum Gasteiger partial charge on any atom is -0.399 e. The van der Waals surface area contributed by atoms with Crippen molar-refractivity contribution >= 4 is 11.6 Å². The Morgan fingerprint density at radius 3 is 2.57 bits per heavy atom. The van der Waals surface area contributed by atoms with Crippen LogP contribution >= 0.6 is 0 Å². The molecular weight excluding hydrogens is 274 g/mol. The fraction of sp³-hybridized carbons (Fsp3) is 0.188. The van der Waals surface area contributed by atoms with Gasteiger partial charge < -0.3 is 11.1 Å². The van der Waals surface area contributed by atoms with Crippen LogP contribution in [-0.4, -0.2) is 5.91 Å². The van der Waals surface area contributed by atoms with E-state index in [1.165, 1.54) is 25.1 Å². The molecule has 110 valence electrons. The summed E-state index contributed by atoms with van der Waals surface area (Å²) in [6, 6.07) is 8.25. The summed E-state index contributed by atoms with van der Waals surface area (Å²) < 4.78 is 27.6. The highest BCUT2D eigenvalue weighted by Gasteiger charge is 2.18. The van der Waals surface area contributed by atoms with Gasteiger partial charge >= 0.3 is 0 Å². The molecule has 0 saturated carbocycles. The van der Waals surface area contributed by atoms with E-state index in [2.05, 4.69) is 5.32 Å². The van der Waals surface area contributed by atoms with Crippen LogP contribution in [0.2, 0.25) is 0 Å². The molecule has 0 bridgehead atoms. The maximum atomic E-state index is 14.0. The Balaban J connectivity index is 2.25. The maximum absolute atomic E-state index is 14.0. The lowest BCUT2D eigenvalue weighted by Crippen LogP contribution is -2.28. The average molecular weight is 290 g/mol. The van der Waals surface area contributed by atoms with E-state index < -0.39 is 23.6 Å². The molecule has 5 heteroatoms. The number of amides is 1. The van der Waals surface area contributed by atoms with Gasteiger partial charge in [-0.25, -0.2) is 8.78 Å². The fourth-order valence-corrected chi connectivity index (χ4v) is 2.14. The van der Waals surface area contributed by atoms with E-state index in [9.17, 15) is 13.6 Å². The molecule has 0 aliphatic rings. The summed E-state index contributed by atoms with van der Waals surface area (Å²) in [6.07, 6.45) is 0. The average Bonchev–Trinajstić information content (AvgIpc) is 2.43. The van der Waals surface area contributed by atoms with E-state index in [-0.39, 0.29) is 5.56 Å². The van der Waals surface area contributed by atoms with Gasteiger partial charge in [0.1, 0.15) is 11.6 Å². The van der Waals surface area contributed by atoms with Gasteiger partial charge in [0.2, 0.25) is 0 Å². The van der Waals surface area contributed by atoms with Crippen LogP contribution in [0.25, 0.3) is 0 Å². The zero-order valence-electron chi connectivity index (χ0n) is 11.8. The van der Waals surface area contributed by atoms with Crippen molar-refractivity contribution in [2.24, 2.45) is 0 Å². The van der Waals surface area contributed by atoms with E-state index in [4.69, 9.17) is 5.73 Å². The van der Waals surface area contributed by atoms with Crippen molar-refractivity contribution < 1.29 is 13.6 Å². The molecule has 1 atom stereocenters. The van der Waals surface area contributed by atoms with E-state index >= 15 is 0 Å². The predicted molar refractivity (Wildman–Crippen MR) is 77.8 cm³/mol. The second kappa shape index (κ2) is 5.91. The lowest BCUT2D eigenvalue weighted by molar-refractivity contribution is 0.0935. The zero-order chi connectivity index (χ0) is 15.6. The molecule has 0 heterocycles. The minimum absolute atomic E-state index is 0.143. The summed E-state index contributed by atoms with van der Waals surface area (Å²) in [5.74, 6) is -1.67. The largest absolute Gasteiger partial charge is 0.399 e. The first kappa shape index (κ1) is 15.0. The van der Waals surface area contributed by atoms with Crippen molar-refractivity contribution in [3.63, 3.8) is 0 Å². The maximum Gasteiger partial charge on any atom is 0.254 e. The third-order valence-corrected chi connectivity index (χ3v) is 3.24. The van der Waals surface area contributed by atoms with Gasteiger partial charge in [-0.3, -0.25) is 4.79 Å². The summed E-state index contributed by atoms with van der Waals surface area (Å²) >= 11 is 0. The van der Waals surface area contributed by atoms with E-state index in [1.807, 2.05) is 0 Å². The second-order valence-corrected chi connectivity index (χ2v) is 4.92. The van der Waals surface area contributed by atoms with Gasteiger partial charge in [-0.2, -0.15) is 0 Å². The number of nitrogens with two attached hydrogens (primary N) is 1. The molecule has 1 amide bonds. The standard InChI is InChI=1S/C16H16F2N2O/c1-9-7-11(19)8-13(15(9)18)16(21)20-10(2)12-5-3-4-6-14(12)17/h3-8,10H,19H2,1-2H3,(H,20,21). The van der Waals surface area contributed by atoms with E-state index in [1.54, 1.807) is 25.1 Å². The van der Waals surface area contributed by atoms with Crippen LogP contribution in [-0.2, 0) is 0 Å². The molecule has 0 aliphatic carbocycles. The summed E-state index contributed by atoms with van der Waals surface area (Å²) in [6.45, 7) is 3.16. The summed E-state index contributed by atoms with van der Waals surface area (Å²) in [5.41, 5.74) is 6.42. The molecule has 2 aromatic rings. The quantitative estimate of drug-likeness (QED) is 0.852. The monoisotopic (exact) mass is 290 g/mol. The van der Waals surface area contributed by atoms with Gasteiger partial charge in [0, 0.05) is 11.3 Å². The van der Waals surface area contributed by atoms with Gasteiger partial charge in [0.15, 0.2) is 0 Å². The van der Waals surface area contributed by atoms with Gasteiger partial charge in [0.05, 0.1) is 11.6 Å². The molecule has 0 spiro atoms. The first-order chi connectivity index (χ1) is 9.90. The van der Waals surface area contributed by atoms with E-state index in [0.717, 1.165) is 0 Å². The molecule has 0 aromatic heterocycles. The van der Waals surface area contributed by atoms with Crippen molar-refractivity contribution in [1.82, 2.24) is 5.32 Å². The molecule has 0 fully saturated rings. The Morgan fingerprint density at radius 1 is 1.24 bits per heavy atom. The molecule has 21 heavy (non-hydrogen) atoms. The van der Waals surface area contributed by atoms with Crippen molar-refractivity contribution in [2.75, 3.05) is 5.73 Å². The molecule has 1 unspecified atom stereocenters. The number of aryl methyl sites for hydroxylation is 1. The number of carbonyl (C=O) groups is 1. The third kappa shape index (κ3) is 3.18. The van der Waals surface area contributed by atoms with Gasteiger partial charge in [-0.1, -0.05) is 18.2 Å². The Bertz CT molecular complexity index is 686. The van der Waals surface area contributed by atoms with Crippen LogP contribution < -0.4 is 11.1 Å². The number of rotatable bonds is 3. The number of halogens is 2. The Morgan fingerprint density at radius 2 is 1.90 bits per heavy atom. The fourth-order valence-electron chi connectivity index (χ4n) is 2.14. The Hall–Kier alpha value is -2.43. The molecule has 2 rings (SSSR count). The SMILES string of the molecule is Cc1cc(N)cc(C(=O)NC(C)c2ccccc2F)c1F. The highest BCUT2D eigenvalue weighted by atomic mass is 19.1. The van der Waals surface area contributed by atoms with Crippen molar-refractivity contribution in [3.05, 3.63) is 64.7 Å². The van der Waals surface area contributed by atoms with Gasteiger partial charge in [0.25, 0.3) is 5.91 Å². The second-order valence-electron chi connectivity index (χ2n) is 4.92. The lowest BCUT2D eigenvalue weighted by Gasteiger charge is -2.16. The van der Waals surface area contributed by atoms with Gasteiger partial charge in [-0.15, -0.1) is 0 Å². The van der Waals surface area contributed by atoms with Crippen LogP contribution in [0.15, 0.2) is 36.4 Å². The molecule has 0 saturated heterocycles. The molecule has 0 radical (unpaired) electrons. The lowest BCUT2D eigenvalue weighted by atomic mass is 10.1.